The Morgan fingerprint density at radius 1 is 1.39 bits per heavy atom. The van der Waals surface area contributed by atoms with Crippen molar-refractivity contribution in [3.05, 3.63) is 23.5 Å². The van der Waals surface area contributed by atoms with Crippen molar-refractivity contribution in [3.63, 3.8) is 0 Å². The van der Waals surface area contributed by atoms with Crippen LogP contribution in [-0.2, 0) is 0 Å². The molecule has 1 aliphatic heterocycles. The summed E-state index contributed by atoms with van der Waals surface area (Å²) in [6, 6.07) is 5.00. The lowest BCUT2D eigenvalue weighted by molar-refractivity contribution is 0.427. The SMILES string of the molecule is N#Cc1c(F)ccc2nnn(C3CCSCC3)c12. The number of nitrogens with zero attached hydrogens (tertiary/aromatic N) is 4. The Hall–Kier alpha value is -1.61. The molecule has 1 fully saturated rings. The first kappa shape index (κ1) is 11.5. The van der Waals surface area contributed by atoms with E-state index in [1.807, 2.05) is 17.8 Å². The topological polar surface area (TPSA) is 54.5 Å². The van der Waals surface area contributed by atoms with Gasteiger partial charge in [-0.2, -0.15) is 17.0 Å². The van der Waals surface area contributed by atoms with Crippen molar-refractivity contribution < 1.29 is 4.39 Å². The number of aromatic nitrogens is 3. The standard InChI is InChI=1S/C12H11FN4S/c13-10-1-2-11-12(9(10)7-14)17(16-15-11)8-3-5-18-6-4-8/h1-2,8H,3-6H2. The van der Waals surface area contributed by atoms with Crippen molar-refractivity contribution in [3.8, 4) is 6.07 Å². The molecule has 0 saturated carbocycles. The molecule has 18 heavy (non-hydrogen) atoms. The van der Waals surface area contributed by atoms with Gasteiger partial charge < -0.3 is 0 Å². The molecule has 0 aliphatic carbocycles. The van der Waals surface area contributed by atoms with E-state index in [9.17, 15) is 4.39 Å². The molecular formula is C12H11FN4S. The van der Waals surface area contributed by atoms with Gasteiger partial charge in [-0.3, -0.25) is 0 Å². The van der Waals surface area contributed by atoms with Crippen LogP contribution in [0, 0.1) is 17.1 Å². The number of nitriles is 1. The monoisotopic (exact) mass is 262 g/mol. The molecule has 0 atom stereocenters. The van der Waals surface area contributed by atoms with Gasteiger partial charge in [0.15, 0.2) is 0 Å². The minimum atomic E-state index is -0.501. The maximum Gasteiger partial charge on any atom is 0.143 e. The van der Waals surface area contributed by atoms with Crippen LogP contribution in [0.1, 0.15) is 24.4 Å². The fraction of sp³-hybridized carbons (Fsp3) is 0.417. The first-order chi connectivity index (χ1) is 8.81. The lowest BCUT2D eigenvalue weighted by Gasteiger charge is -2.21. The van der Waals surface area contributed by atoms with Gasteiger partial charge in [0.25, 0.3) is 0 Å². The normalized spacial score (nSPS) is 16.9. The summed E-state index contributed by atoms with van der Waals surface area (Å²) in [5.41, 5.74) is 1.18. The summed E-state index contributed by atoms with van der Waals surface area (Å²) >= 11 is 1.91. The first-order valence-corrected chi connectivity index (χ1v) is 6.98. The van der Waals surface area contributed by atoms with Gasteiger partial charge in [-0.05, 0) is 36.5 Å². The highest BCUT2D eigenvalue weighted by atomic mass is 32.2. The molecule has 0 unspecified atom stereocenters. The number of benzene rings is 1. The zero-order valence-electron chi connectivity index (χ0n) is 9.64. The minimum Gasteiger partial charge on any atom is -0.240 e. The van der Waals surface area contributed by atoms with Crippen molar-refractivity contribution in [1.29, 1.82) is 5.26 Å². The van der Waals surface area contributed by atoms with Crippen molar-refractivity contribution >= 4 is 22.8 Å². The van der Waals surface area contributed by atoms with Gasteiger partial charge in [0, 0.05) is 0 Å². The smallest absolute Gasteiger partial charge is 0.143 e. The summed E-state index contributed by atoms with van der Waals surface area (Å²) in [5.74, 6) is 1.64. The average molecular weight is 262 g/mol. The van der Waals surface area contributed by atoms with Crippen LogP contribution < -0.4 is 0 Å². The third-order valence-electron chi connectivity index (χ3n) is 3.23. The second kappa shape index (κ2) is 4.58. The summed E-state index contributed by atoms with van der Waals surface area (Å²) < 4.78 is 15.4. The van der Waals surface area contributed by atoms with Crippen molar-refractivity contribution in [1.82, 2.24) is 15.0 Å². The Morgan fingerprint density at radius 2 is 2.17 bits per heavy atom. The molecule has 0 N–H and O–H groups in total. The predicted molar refractivity (Wildman–Crippen MR) is 67.8 cm³/mol. The predicted octanol–water partition coefficient (Wildman–Crippen LogP) is 2.51. The molecule has 1 aliphatic rings. The van der Waals surface area contributed by atoms with Gasteiger partial charge in [0.05, 0.1) is 6.04 Å². The number of thioether (sulfide) groups is 1. The van der Waals surface area contributed by atoms with Gasteiger partial charge in [-0.25, -0.2) is 9.07 Å². The minimum absolute atomic E-state index is 0.0516. The summed E-state index contributed by atoms with van der Waals surface area (Å²) in [6.07, 6.45) is 1.98. The van der Waals surface area contributed by atoms with Crippen molar-refractivity contribution in [2.24, 2.45) is 0 Å². The highest BCUT2D eigenvalue weighted by molar-refractivity contribution is 7.99. The van der Waals surface area contributed by atoms with Gasteiger partial charge >= 0.3 is 0 Å². The summed E-state index contributed by atoms with van der Waals surface area (Å²) in [5, 5.41) is 17.2. The van der Waals surface area contributed by atoms with Crippen LogP contribution in [0.5, 0.6) is 0 Å². The molecule has 2 aromatic rings. The lowest BCUT2D eigenvalue weighted by Crippen LogP contribution is -2.17. The van der Waals surface area contributed by atoms with Gasteiger partial charge in [-0.1, -0.05) is 5.21 Å². The Bertz CT molecular complexity index is 625. The Morgan fingerprint density at radius 3 is 2.89 bits per heavy atom. The van der Waals surface area contributed by atoms with Crippen LogP contribution in [0.2, 0.25) is 0 Å². The first-order valence-electron chi connectivity index (χ1n) is 5.82. The summed E-state index contributed by atoms with van der Waals surface area (Å²) in [7, 11) is 0. The molecule has 6 heteroatoms. The Kier molecular flexibility index (Phi) is 2.92. The van der Waals surface area contributed by atoms with Gasteiger partial charge in [-0.15, -0.1) is 5.10 Å². The second-order valence-corrected chi connectivity index (χ2v) is 5.50. The van der Waals surface area contributed by atoms with Crippen molar-refractivity contribution in [2.75, 3.05) is 11.5 Å². The van der Waals surface area contributed by atoms with Crippen LogP contribution >= 0.6 is 11.8 Å². The fourth-order valence-electron chi connectivity index (χ4n) is 2.30. The quantitative estimate of drug-likeness (QED) is 0.792. The van der Waals surface area contributed by atoms with E-state index in [-0.39, 0.29) is 11.6 Å². The number of halogens is 1. The van der Waals surface area contributed by atoms with Crippen molar-refractivity contribution in [2.45, 2.75) is 18.9 Å². The zero-order valence-corrected chi connectivity index (χ0v) is 10.5. The highest BCUT2D eigenvalue weighted by Gasteiger charge is 2.22. The average Bonchev–Trinajstić information content (AvgIpc) is 2.83. The van der Waals surface area contributed by atoms with Crippen LogP contribution in [0.15, 0.2) is 12.1 Å². The third-order valence-corrected chi connectivity index (χ3v) is 4.28. The molecule has 4 nitrogen and oxygen atoms in total. The molecule has 92 valence electrons. The van der Waals surface area contributed by atoms with Crippen LogP contribution in [0.4, 0.5) is 4.39 Å². The molecule has 0 radical (unpaired) electrons. The van der Waals surface area contributed by atoms with E-state index >= 15 is 0 Å². The molecule has 0 spiro atoms. The Labute approximate surface area is 108 Å². The highest BCUT2D eigenvalue weighted by Crippen LogP contribution is 2.30. The number of hydrogen-bond donors (Lipinski definition) is 0. The van der Waals surface area contributed by atoms with E-state index in [0.29, 0.717) is 11.0 Å². The van der Waals surface area contributed by atoms with E-state index in [1.165, 1.54) is 6.07 Å². The van der Waals surface area contributed by atoms with E-state index in [1.54, 1.807) is 10.7 Å². The molecule has 0 amide bonds. The second-order valence-electron chi connectivity index (χ2n) is 4.28. The number of rotatable bonds is 1. The van der Waals surface area contributed by atoms with Crippen LogP contribution in [0.3, 0.4) is 0 Å². The maximum absolute atomic E-state index is 13.6. The fourth-order valence-corrected chi connectivity index (χ4v) is 3.38. The molecule has 0 bridgehead atoms. The zero-order chi connectivity index (χ0) is 12.5. The van der Waals surface area contributed by atoms with Crippen LogP contribution in [-0.4, -0.2) is 26.5 Å². The molecule has 1 aromatic heterocycles. The number of hydrogen-bond acceptors (Lipinski definition) is 4. The van der Waals surface area contributed by atoms with E-state index in [2.05, 4.69) is 10.3 Å². The molecular weight excluding hydrogens is 251 g/mol. The Balaban J connectivity index is 2.18. The third kappa shape index (κ3) is 1.75. The lowest BCUT2D eigenvalue weighted by atomic mass is 10.1. The number of fused-ring (bicyclic) bond motifs is 1. The molecule has 1 saturated heterocycles. The largest absolute Gasteiger partial charge is 0.240 e. The van der Waals surface area contributed by atoms with Gasteiger partial charge in [0.2, 0.25) is 0 Å². The molecule has 3 rings (SSSR count). The summed E-state index contributed by atoms with van der Waals surface area (Å²) in [6.45, 7) is 0. The van der Waals surface area contributed by atoms with E-state index < -0.39 is 5.82 Å². The summed E-state index contributed by atoms with van der Waals surface area (Å²) in [4.78, 5) is 0. The van der Waals surface area contributed by atoms with E-state index in [4.69, 9.17) is 5.26 Å². The van der Waals surface area contributed by atoms with Gasteiger partial charge in [0.1, 0.15) is 28.5 Å². The van der Waals surface area contributed by atoms with E-state index in [0.717, 1.165) is 24.3 Å². The van der Waals surface area contributed by atoms with Crippen LogP contribution in [0.25, 0.3) is 11.0 Å². The molecule has 1 aromatic carbocycles. The molecule has 2 heterocycles. The maximum atomic E-state index is 13.6.